The van der Waals surface area contributed by atoms with Crippen LogP contribution in [0.15, 0.2) is 12.7 Å². The zero-order valence-electron chi connectivity index (χ0n) is 11.3. The van der Waals surface area contributed by atoms with Gasteiger partial charge in [-0.3, -0.25) is 0 Å². The fourth-order valence-electron chi connectivity index (χ4n) is 2.07. The van der Waals surface area contributed by atoms with Crippen molar-refractivity contribution in [1.29, 1.82) is 0 Å². The van der Waals surface area contributed by atoms with E-state index < -0.39 is 0 Å². The molecule has 15 heavy (non-hydrogen) atoms. The van der Waals surface area contributed by atoms with Crippen molar-refractivity contribution >= 4 is 24.9 Å². The Morgan fingerprint density at radius 2 is 1.40 bits per heavy atom. The molecule has 0 rings (SSSR count). The van der Waals surface area contributed by atoms with Gasteiger partial charge in [-0.2, -0.15) is 0 Å². The summed E-state index contributed by atoms with van der Waals surface area (Å²) >= 11 is 0. The standard InChI is InChI=1S/C13H27P.BrH/c1-8-9-10-11-14(12(2,3)4)13(5,6)7;/h8H,1,9-11H2,2-7H3;1H. The molecule has 0 bridgehead atoms. The van der Waals surface area contributed by atoms with Crippen LogP contribution in [0.3, 0.4) is 0 Å². The van der Waals surface area contributed by atoms with Crippen molar-refractivity contribution < 1.29 is 0 Å². The average molecular weight is 295 g/mol. The first-order valence-corrected chi connectivity index (χ1v) is 7.11. The minimum atomic E-state index is 0. The van der Waals surface area contributed by atoms with Gasteiger partial charge >= 0.3 is 0 Å². The molecule has 0 radical (unpaired) electrons. The molecule has 0 aliphatic heterocycles. The summed E-state index contributed by atoms with van der Waals surface area (Å²) in [5.41, 5.74) is 0. The molecule has 0 saturated carbocycles. The van der Waals surface area contributed by atoms with Gasteiger partial charge in [-0.15, -0.1) is 23.6 Å². The molecule has 0 aromatic carbocycles. The first-order valence-electron chi connectivity index (χ1n) is 5.58. The maximum atomic E-state index is 3.79. The summed E-state index contributed by atoms with van der Waals surface area (Å²) in [5.74, 6) is 0. The normalized spacial score (nSPS) is 12.5. The summed E-state index contributed by atoms with van der Waals surface area (Å²) in [6.45, 7) is 18.1. The minimum Gasteiger partial charge on any atom is -0.114 e. The van der Waals surface area contributed by atoms with Crippen molar-refractivity contribution in [2.45, 2.75) is 64.7 Å². The Morgan fingerprint density at radius 3 is 1.67 bits per heavy atom. The second-order valence-corrected chi connectivity index (χ2v) is 9.91. The van der Waals surface area contributed by atoms with Crippen LogP contribution in [0.25, 0.3) is 0 Å². The Bertz CT molecular complexity index is 160. The van der Waals surface area contributed by atoms with Crippen molar-refractivity contribution in [2.24, 2.45) is 0 Å². The summed E-state index contributed by atoms with van der Waals surface area (Å²) in [4.78, 5) is 0. The van der Waals surface area contributed by atoms with Crippen molar-refractivity contribution in [2.75, 3.05) is 6.16 Å². The van der Waals surface area contributed by atoms with Crippen molar-refractivity contribution in [3.8, 4) is 0 Å². The third-order valence-electron chi connectivity index (χ3n) is 2.41. The summed E-state index contributed by atoms with van der Waals surface area (Å²) in [7, 11) is 0.0979. The molecule has 92 valence electrons. The monoisotopic (exact) mass is 294 g/mol. The second-order valence-electron chi connectivity index (χ2n) is 5.92. The van der Waals surface area contributed by atoms with Gasteiger partial charge in [0, 0.05) is 0 Å². The summed E-state index contributed by atoms with van der Waals surface area (Å²) in [5, 5.41) is 0.962. The number of halogens is 1. The SMILES string of the molecule is Br.C=CCCCP(C(C)(C)C)C(C)(C)C. The molecule has 0 saturated heterocycles. The third-order valence-corrected chi connectivity index (χ3v) is 6.41. The van der Waals surface area contributed by atoms with E-state index in [4.69, 9.17) is 0 Å². The Balaban J connectivity index is 0. The molecular weight excluding hydrogens is 267 g/mol. The van der Waals surface area contributed by atoms with Crippen LogP contribution in [-0.4, -0.2) is 16.5 Å². The lowest BCUT2D eigenvalue weighted by Crippen LogP contribution is -2.26. The minimum absolute atomic E-state index is 0. The van der Waals surface area contributed by atoms with E-state index in [0.717, 1.165) is 0 Å². The molecule has 0 aromatic rings. The summed E-state index contributed by atoms with van der Waals surface area (Å²) in [6, 6.07) is 0. The van der Waals surface area contributed by atoms with Gasteiger partial charge in [-0.05, 0) is 29.3 Å². The Labute approximate surface area is 108 Å². The third kappa shape index (κ3) is 7.53. The van der Waals surface area contributed by atoms with Crippen LogP contribution in [-0.2, 0) is 0 Å². The number of unbranched alkanes of at least 4 members (excludes halogenated alkanes) is 1. The maximum absolute atomic E-state index is 3.79. The van der Waals surface area contributed by atoms with E-state index in [1.165, 1.54) is 19.0 Å². The molecule has 2 heteroatoms. The van der Waals surface area contributed by atoms with Crippen LogP contribution < -0.4 is 0 Å². The number of rotatable bonds is 4. The van der Waals surface area contributed by atoms with Gasteiger partial charge in [0.2, 0.25) is 0 Å². The summed E-state index contributed by atoms with van der Waals surface area (Å²) < 4.78 is 0. The van der Waals surface area contributed by atoms with Crippen LogP contribution in [0.1, 0.15) is 54.4 Å². The van der Waals surface area contributed by atoms with E-state index in [-0.39, 0.29) is 24.9 Å². The van der Waals surface area contributed by atoms with Crippen molar-refractivity contribution in [3.63, 3.8) is 0 Å². The maximum Gasteiger partial charge on any atom is -0.0175 e. The Morgan fingerprint density at radius 1 is 1.00 bits per heavy atom. The number of hydrogen-bond donors (Lipinski definition) is 0. The highest BCUT2D eigenvalue weighted by molar-refractivity contribution is 8.93. The molecule has 0 aliphatic rings. The lowest BCUT2D eigenvalue weighted by atomic mass is 10.2. The molecule has 0 atom stereocenters. The fraction of sp³-hybridized carbons (Fsp3) is 0.846. The highest BCUT2D eigenvalue weighted by Gasteiger charge is 2.33. The fourth-order valence-corrected chi connectivity index (χ4v) is 5.92. The number of allylic oxidation sites excluding steroid dienone is 1. The lowest BCUT2D eigenvalue weighted by molar-refractivity contribution is 0.698. The van der Waals surface area contributed by atoms with Gasteiger partial charge in [0.25, 0.3) is 0 Å². The van der Waals surface area contributed by atoms with Crippen LogP contribution in [0.2, 0.25) is 0 Å². The predicted octanol–water partition coefficient (Wildman–Crippen LogP) is 5.61. The Hall–Kier alpha value is 0.650. The molecular formula is C13H28BrP. The molecule has 0 heterocycles. The molecule has 0 amide bonds. The lowest BCUT2D eigenvalue weighted by Gasteiger charge is -2.41. The zero-order chi connectivity index (χ0) is 11.4. The van der Waals surface area contributed by atoms with E-state index in [1.807, 2.05) is 6.08 Å². The first-order chi connectivity index (χ1) is 6.19. The first kappa shape index (κ1) is 18.0. The van der Waals surface area contributed by atoms with Crippen molar-refractivity contribution in [3.05, 3.63) is 12.7 Å². The molecule has 0 aromatic heterocycles. The van der Waals surface area contributed by atoms with Gasteiger partial charge in [-0.1, -0.05) is 55.5 Å². The second kappa shape index (κ2) is 7.07. The van der Waals surface area contributed by atoms with Crippen LogP contribution in [0, 0.1) is 0 Å². The average Bonchev–Trinajstić information content (AvgIpc) is 1.92. The number of hydrogen-bond acceptors (Lipinski definition) is 0. The van der Waals surface area contributed by atoms with E-state index in [1.54, 1.807) is 0 Å². The molecule has 0 N–H and O–H groups in total. The topological polar surface area (TPSA) is 0 Å². The smallest absolute Gasteiger partial charge is 0.0175 e. The van der Waals surface area contributed by atoms with Gasteiger partial charge in [0.1, 0.15) is 0 Å². The van der Waals surface area contributed by atoms with E-state index >= 15 is 0 Å². The van der Waals surface area contributed by atoms with Gasteiger partial charge < -0.3 is 0 Å². The molecule has 0 unspecified atom stereocenters. The van der Waals surface area contributed by atoms with Crippen molar-refractivity contribution in [1.82, 2.24) is 0 Å². The van der Waals surface area contributed by atoms with Gasteiger partial charge in [0.05, 0.1) is 0 Å². The quantitative estimate of drug-likeness (QED) is 0.359. The largest absolute Gasteiger partial charge is 0.114 e. The van der Waals surface area contributed by atoms with Crippen LogP contribution in [0.4, 0.5) is 0 Å². The zero-order valence-corrected chi connectivity index (χ0v) is 13.9. The summed E-state index contributed by atoms with van der Waals surface area (Å²) in [6.07, 6.45) is 5.90. The van der Waals surface area contributed by atoms with Crippen LogP contribution in [0.5, 0.6) is 0 Å². The highest BCUT2D eigenvalue weighted by atomic mass is 79.9. The molecule has 0 aliphatic carbocycles. The predicted molar refractivity (Wildman–Crippen MR) is 81.0 cm³/mol. The molecule has 0 nitrogen and oxygen atoms in total. The van der Waals surface area contributed by atoms with E-state index in [9.17, 15) is 0 Å². The van der Waals surface area contributed by atoms with Crippen LogP contribution >= 0.6 is 24.9 Å². The van der Waals surface area contributed by atoms with E-state index in [2.05, 4.69) is 48.1 Å². The Kier molecular flexibility index (Phi) is 8.50. The molecule has 0 fully saturated rings. The van der Waals surface area contributed by atoms with Gasteiger partial charge in [0.15, 0.2) is 0 Å². The molecule has 0 spiro atoms. The van der Waals surface area contributed by atoms with Gasteiger partial charge in [-0.25, -0.2) is 0 Å². The highest BCUT2D eigenvalue weighted by Crippen LogP contribution is 2.59. The van der Waals surface area contributed by atoms with E-state index in [0.29, 0.717) is 10.3 Å².